The van der Waals surface area contributed by atoms with Crippen LogP contribution in [0.3, 0.4) is 0 Å². The van der Waals surface area contributed by atoms with Crippen LogP contribution < -0.4 is 5.73 Å². The number of benzene rings is 1. The minimum atomic E-state index is -2.72. The van der Waals surface area contributed by atoms with Gasteiger partial charge < -0.3 is 31.1 Å². The van der Waals surface area contributed by atoms with Gasteiger partial charge in [-0.05, 0) is 52.5 Å². The number of hydrogen-bond acceptors (Lipinski definition) is 9. The van der Waals surface area contributed by atoms with Gasteiger partial charge in [0.2, 0.25) is 5.78 Å². The van der Waals surface area contributed by atoms with Crippen molar-refractivity contribution in [2.24, 2.45) is 17.6 Å². The molecule has 0 spiro atoms. The molecule has 1 aromatic carbocycles. The summed E-state index contributed by atoms with van der Waals surface area (Å²) in [5.41, 5.74) is 1.38. The van der Waals surface area contributed by atoms with Crippen LogP contribution in [0.1, 0.15) is 30.0 Å². The van der Waals surface area contributed by atoms with E-state index in [1.54, 1.807) is 7.05 Å². The Labute approximate surface area is 207 Å². The molecule has 0 aliphatic heterocycles. The topological polar surface area (TPSA) is 165 Å². The molecule has 4 atom stereocenters. The second-order valence-electron chi connectivity index (χ2n) is 10.0. The van der Waals surface area contributed by atoms with Crippen molar-refractivity contribution in [1.82, 2.24) is 9.80 Å². The number of likely N-dealkylation sites (N-methyl/N-ethyl adjacent to an activating group) is 1. The fourth-order valence-electron chi connectivity index (χ4n) is 5.86. The fourth-order valence-corrected chi connectivity index (χ4v) is 5.86. The van der Waals surface area contributed by atoms with Gasteiger partial charge in [0.05, 0.1) is 11.6 Å². The number of amides is 1. The van der Waals surface area contributed by atoms with Gasteiger partial charge in [-0.15, -0.1) is 0 Å². The van der Waals surface area contributed by atoms with E-state index in [0.717, 1.165) is 0 Å². The van der Waals surface area contributed by atoms with Crippen LogP contribution in [0.15, 0.2) is 23.0 Å². The zero-order valence-electron chi connectivity index (χ0n) is 20.5. The van der Waals surface area contributed by atoms with Crippen LogP contribution in [0, 0.1) is 17.7 Å². The first-order valence-electron chi connectivity index (χ1n) is 11.6. The first-order valence-corrected chi connectivity index (χ1v) is 11.6. The van der Waals surface area contributed by atoms with Crippen LogP contribution >= 0.6 is 0 Å². The highest BCUT2D eigenvalue weighted by atomic mass is 19.1. The van der Waals surface area contributed by atoms with E-state index in [4.69, 9.17) is 5.73 Å². The Bertz CT molecular complexity index is 1250. The first-order chi connectivity index (χ1) is 16.8. The van der Waals surface area contributed by atoms with Gasteiger partial charge in [-0.1, -0.05) is 6.92 Å². The van der Waals surface area contributed by atoms with Crippen molar-refractivity contribution >= 4 is 23.2 Å². The Balaban J connectivity index is 1.93. The molecule has 3 aliphatic carbocycles. The average molecular weight is 504 g/mol. The molecule has 0 bridgehead atoms. The van der Waals surface area contributed by atoms with Crippen molar-refractivity contribution in [1.29, 1.82) is 0 Å². The SMILES string of the molecule is CCN(C)Cc1cc(O)c2c(c1F)C[C@H]1C[C@H]3[C@H](N(C)C)C(=O)C(C(N)=O)=C(O)[C@@]3(O)C(=O)C1=C2O. The van der Waals surface area contributed by atoms with E-state index in [2.05, 4.69) is 0 Å². The lowest BCUT2D eigenvalue weighted by molar-refractivity contribution is -0.153. The van der Waals surface area contributed by atoms with E-state index < -0.39 is 69.6 Å². The zero-order valence-corrected chi connectivity index (χ0v) is 20.5. The Hall–Kier alpha value is -3.28. The number of halogens is 1. The maximum absolute atomic E-state index is 15.6. The van der Waals surface area contributed by atoms with Crippen molar-refractivity contribution in [2.75, 3.05) is 27.7 Å². The van der Waals surface area contributed by atoms with Gasteiger partial charge in [0.15, 0.2) is 11.4 Å². The Kier molecular flexibility index (Phi) is 6.22. The number of aliphatic hydroxyl groups is 3. The summed E-state index contributed by atoms with van der Waals surface area (Å²) in [6, 6.07) is -0.00292. The van der Waals surface area contributed by atoms with E-state index in [0.29, 0.717) is 6.54 Å². The highest BCUT2D eigenvalue weighted by Crippen LogP contribution is 2.53. The predicted molar refractivity (Wildman–Crippen MR) is 126 cm³/mol. The summed E-state index contributed by atoms with van der Waals surface area (Å²) < 4.78 is 15.6. The molecular formula is C25H30FN3O7. The largest absolute Gasteiger partial charge is 0.508 e. The summed E-state index contributed by atoms with van der Waals surface area (Å²) in [7, 11) is 4.82. The second kappa shape index (κ2) is 8.68. The maximum atomic E-state index is 15.6. The number of primary amides is 1. The van der Waals surface area contributed by atoms with Gasteiger partial charge >= 0.3 is 0 Å². The molecule has 194 valence electrons. The van der Waals surface area contributed by atoms with Crippen LogP contribution in [-0.2, 0) is 27.3 Å². The number of aliphatic hydroxyl groups excluding tert-OH is 2. The van der Waals surface area contributed by atoms with E-state index in [9.17, 15) is 34.8 Å². The normalized spacial score (nSPS) is 27.9. The molecule has 0 radical (unpaired) electrons. The quantitative estimate of drug-likeness (QED) is 0.361. The lowest BCUT2D eigenvalue weighted by atomic mass is 9.57. The van der Waals surface area contributed by atoms with Crippen LogP contribution in [0.4, 0.5) is 4.39 Å². The molecule has 1 amide bonds. The Morgan fingerprint density at radius 2 is 1.86 bits per heavy atom. The summed E-state index contributed by atoms with van der Waals surface area (Å²) in [5, 5.41) is 44.1. The minimum absolute atomic E-state index is 0.0279. The fraction of sp³-hybridized carbons (Fsp3) is 0.480. The molecule has 1 aromatic rings. The van der Waals surface area contributed by atoms with E-state index in [1.165, 1.54) is 25.1 Å². The lowest BCUT2D eigenvalue weighted by Crippen LogP contribution is -2.65. The molecule has 36 heavy (non-hydrogen) atoms. The smallest absolute Gasteiger partial charge is 0.255 e. The highest BCUT2D eigenvalue weighted by Gasteiger charge is 2.64. The third kappa shape index (κ3) is 3.45. The summed E-state index contributed by atoms with van der Waals surface area (Å²) in [4.78, 5) is 42.0. The summed E-state index contributed by atoms with van der Waals surface area (Å²) in [5.74, 6) is -8.22. The summed E-state index contributed by atoms with van der Waals surface area (Å²) >= 11 is 0. The molecule has 1 saturated carbocycles. The number of Topliss-reactive ketones (excluding diaryl/α,β-unsaturated/α-hetero) is 2. The van der Waals surface area contributed by atoms with E-state index >= 15 is 4.39 Å². The van der Waals surface area contributed by atoms with Gasteiger partial charge in [0.1, 0.15) is 28.7 Å². The van der Waals surface area contributed by atoms with Gasteiger partial charge in [-0.25, -0.2) is 4.39 Å². The number of ketones is 2. The van der Waals surface area contributed by atoms with Gasteiger partial charge in [-0.3, -0.25) is 19.3 Å². The van der Waals surface area contributed by atoms with Crippen LogP contribution in [0.5, 0.6) is 5.75 Å². The molecule has 10 nitrogen and oxygen atoms in total. The van der Waals surface area contributed by atoms with Gasteiger partial charge in [0, 0.05) is 29.2 Å². The molecule has 0 saturated heterocycles. The van der Waals surface area contributed by atoms with Crippen molar-refractivity contribution < 1.29 is 39.2 Å². The third-order valence-electron chi connectivity index (χ3n) is 7.71. The molecule has 1 fully saturated rings. The van der Waals surface area contributed by atoms with Gasteiger partial charge in [-0.2, -0.15) is 0 Å². The number of carbonyl (C=O) groups excluding carboxylic acids is 3. The number of nitrogens with two attached hydrogens (primary N) is 1. The number of nitrogens with zero attached hydrogens (tertiary/aromatic N) is 2. The number of fused-ring (bicyclic) bond motifs is 3. The minimum Gasteiger partial charge on any atom is -0.508 e. The van der Waals surface area contributed by atoms with Crippen molar-refractivity contribution in [3.8, 4) is 5.75 Å². The van der Waals surface area contributed by atoms with E-state index in [-0.39, 0.29) is 41.6 Å². The second-order valence-corrected chi connectivity index (χ2v) is 10.0. The van der Waals surface area contributed by atoms with Crippen molar-refractivity contribution in [3.05, 3.63) is 45.5 Å². The number of hydrogen-bond donors (Lipinski definition) is 5. The van der Waals surface area contributed by atoms with Gasteiger partial charge in [0.25, 0.3) is 5.91 Å². The van der Waals surface area contributed by atoms with Crippen molar-refractivity contribution in [2.45, 2.75) is 38.0 Å². The number of carbonyl (C=O) groups is 3. The van der Waals surface area contributed by atoms with Crippen molar-refractivity contribution in [3.63, 3.8) is 0 Å². The monoisotopic (exact) mass is 503 g/mol. The zero-order chi connectivity index (χ0) is 26.9. The number of aromatic hydroxyl groups is 1. The third-order valence-corrected chi connectivity index (χ3v) is 7.71. The predicted octanol–water partition coefficient (Wildman–Crippen LogP) is 0.555. The van der Waals surface area contributed by atoms with Crippen LogP contribution in [-0.4, -0.2) is 87.0 Å². The number of phenols is 1. The summed E-state index contributed by atoms with van der Waals surface area (Å²) in [6.45, 7) is 2.73. The lowest BCUT2D eigenvalue weighted by Gasteiger charge is -2.50. The van der Waals surface area contributed by atoms with Crippen LogP contribution in [0.25, 0.3) is 5.76 Å². The van der Waals surface area contributed by atoms with Crippen LogP contribution in [0.2, 0.25) is 0 Å². The molecule has 0 heterocycles. The summed E-state index contributed by atoms with van der Waals surface area (Å²) in [6.07, 6.45) is -0.178. The highest BCUT2D eigenvalue weighted by molar-refractivity contribution is 6.24. The molecular weight excluding hydrogens is 473 g/mol. The Morgan fingerprint density at radius 3 is 2.42 bits per heavy atom. The standard InChI is InChI=1S/C25H30FN3O7/c1-5-29(4)9-11-8-14(30)16-12(18(11)26)6-10-7-13-19(28(2)3)21(32)17(24(27)35)23(34)25(13,36)22(33)15(10)20(16)31/h8,10,13,19,30-31,34,36H,5-7,9H2,1-4H3,(H2,27,35)/t10-,13-,19-,25-/m0/s1. The molecule has 6 N–H and O–H groups in total. The molecule has 11 heteroatoms. The molecule has 0 unspecified atom stereocenters. The number of rotatable bonds is 5. The average Bonchev–Trinajstić information content (AvgIpc) is 2.78. The first kappa shape index (κ1) is 25.8. The number of phenolic OH excluding ortho intramolecular Hbond substituents is 1. The molecule has 3 aliphatic rings. The molecule has 4 rings (SSSR count). The Morgan fingerprint density at radius 1 is 1.22 bits per heavy atom. The molecule has 0 aromatic heterocycles. The van der Waals surface area contributed by atoms with E-state index in [1.807, 2.05) is 11.8 Å². The maximum Gasteiger partial charge on any atom is 0.255 e.